The number of nitrogens with zero attached hydrogens (tertiary/aromatic N) is 2. The second kappa shape index (κ2) is 6.82. The van der Waals surface area contributed by atoms with Crippen LogP contribution < -0.4 is 4.90 Å². The minimum atomic E-state index is -3.85. The number of hydrogen-bond acceptors (Lipinski definition) is 5. The smallest absolute Gasteiger partial charge is 0.235 e. The summed E-state index contributed by atoms with van der Waals surface area (Å²) in [6, 6.07) is 13.3. The normalized spacial score (nSPS) is 11.5. The van der Waals surface area contributed by atoms with E-state index in [-0.39, 0.29) is 21.7 Å². The predicted molar refractivity (Wildman–Crippen MR) is 101 cm³/mol. The highest BCUT2D eigenvalue weighted by atomic mass is 79.9. The summed E-state index contributed by atoms with van der Waals surface area (Å²) < 4.78 is 32.5. The van der Waals surface area contributed by atoms with Crippen LogP contribution in [0.3, 0.4) is 0 Å². The number of halogens is 2. The van der Waals surface area contributed by atoms with Crippen molar-refractivity contribution < 1.29 is 12.8 Å². The standard InChI is InChI=1S/C17H14BrClN2O3S/c1-21(2)17-16(25(22,23)14-8-6-13(19)7-9-14)20-15(24-17)11-4-3-5-12(18)10-11/h3-10H,1-2H3. The van der Waals surface area contributed by atoms with Crippen LogP contribution >= 0.6 is 27.5 Å². The first-order valence-corrected chi connectivity index (χ1v) is 9.89. The molecule has 0 atom stereocenters. The lowest BCUT2D eigenvalue weighted by Crippen LogP contribution is -2.13. The van der Waals surface area contributed by atoms with Crippen LogP contribution in [-0.4, -0.2) is 27.5 Å². The molecular weight excluding hydrogens is 428 g/mol. The fourth-order valence-electron chi connectivity index (χ4n) is 2.23. The Morgan fingerprint density at radius 3 is 2.40 bits per heavy atom. The van der Waals surface area contributed by atoms with Crippen molar-refractivity contribution in [3.63, 3.8) is 0 Å². The van der Waals surface area contributed by atoms with Crippen LogP contribution in [0, 0.1) is 0 Å². The van der Waals surface area contributed by atoms with E-state index in [2.05, 4.69) is 20.9 Å². The maximum Gasteiger partial charge on any atom is 0.235 e. The zero-order valence-electron chi connectivity index (χ0n) is 13.4. The van der Waals surface area contributed by atoms with Gasteiger partial charge in [0.25, 0.3) is 0 Å². The minimum absolute atomic E-state index is 0.106. The Kier molecular flexibility index (Phi) is 4.90. The molecule has 0 fully saturated rings. The van der Waals surface area contributed by atoms with Crippen molar-refractivity contribution in [1.29, 1.82) is 0 Å². The quantitative estimate of drug-likeness (QED) is 0.589. The molecule has 0 bridgehead atoms. The van der Waals surface area contributed by atoms with E-state index in [1.165, 1.54) is 24.3 Å². The first-order valence-electron chi connectivity index (χ1n) is 7.24. The lowest BCUT2D eigenvalue weighted by atomic mass is 10.2. The number of anilines is 1. The largest absolute Gasteiger partial charge is 0.419 e. The summed E-state index contributed by atoms with van der Waals surface area (Å²) >= 11 is 9.23. The molecule has 2 aromatic carbocycles. The molecule has 0 aliphatic rings. The maximum absolute atomic E-state index is 13.0. The van der Waals surface area contributed by atoms with E-state index < -0.39 is 9.84 Å². The molecule has 3 rings (SSSR count). The molecule has 130 valence electrons. The van der Waals surface area contributed by atoms with E-state index in [0.717, 1.165) is 4.47 Å². The Labute approximate surface area is 159 Å². The van der Waals surface area contributed by atoms with Crippen LogP contribution in [0.25, 0.3) is 11.5 Å². The van der Waals surface area contributed by atoms with Crippen molar-refractivity contribution >= 4 is 43.3 Å². The number of aromatic nitrogens is 1. The topological polar surface area (TPSA) is 63.4 Å². The molecule has 0 aliphatic carbocycles. The molecule has 0 radical (unpaired) electrons. The molecule has 0 amide bonds. The number of hydrogen-bond donors (Lipinski definition) is 0. The molecule has 0 saturated heterocycles. The fraction of sp³-hybridized carbons (Fsp3) is 0.118. The van der Waals surface area contributed by atoms with Crippen LogP contribution in [0.5, 0.6) is 0 Å². The summed E-state index contributed by atoms with van der Waals surface area (Å²) in [5.41, 5.74) is 0.676. The molecule has 0 N–H and O–H groups in total. The van der Waals surface area contributed by atoms with Gasteiger partial charge in [-0.1, -0.05) is 33.6 Å². The molecule has 0 spiro atoms. The average molecular weight is 442 g/mol. The molecule has 25 heavy (non-hydrogen) atoms. The number of benzene rings is 2. The Bertz CT molecular complexity index is 1010. The van der Waals surface area contributed by atoms with Crippen molar-refractivity contribution in [1.82, 2.24) is 4.98 Å². The van der Waals surface area contributed by atoms with Crippen molar-refractivity contribution in [2.24, 2.45) is 0 Å². The van der Waals surface area contributed by atoms with Gasteiger partial charge in [0, 0.05) is 29.2 Å². The van der Waals surface area contributed by atoms with Gasteiger partial charge in [-0.25, -0.2) is 8.42 Å². The van der Waals surface area contributed by atoms with Crippen molar-refractivity contribution in [2.45, 2.75) is 9.92 Å². The molecule has 0 unspecified atom stereocenters. The fourth-order valence-corrected chi connectivity index (χ4v) is 4.13. The Morgan fingerprint density at radius 2 is 1.80 bits per heavy atom. The molecule has 1 heterocycles. The van der Waals surface area contributed by atoms with E-state index >= 15 is 0 Å². The van der Waals surface area contributed by atoms with Crippen molar-refractivity contribution in [2.75, 3.05) is 19.0 Å². The van der Waals surface area contributed by atoms with E-state index in [0.29, 0.717) is 10.6 Å². The summed E-state index contributed by atoms with van der Waals surface area (Å²) in [4.78, 5) is 5.95. The minimum Gasteiger partial charge on any atom is -0.419 e. The first-order chi connectivity index (χ1) is 11.8. The monoisotopic (exact) mass is 440 g/mol. The van der Waals surface area contributed by atoms with Crippen LogP contribution in [0.2, 0.25) is 5.02 Å². The highest BCUT2D eigenvalue weighted by molar-refractivity contribution is 9.10. The summed E-state index contributed by atoms with van der Waals surface area (Å²) in [6.45, 7) is 0. The van der Waals surface area contributed by atoms with Crippen LogP contribution in [0.1, 0.15) is 0 Å². The van der Waals surface area contributed by atoms with Crippen LogP contribution in [0.4, 0.5) is 5.88 Å². The summed E-state index contributed by atoms with van der Waals surface area (Å²) in [5, 5.41) is 0.330. The Balaban J connectivity index is 2.16. The van der Waals surface area contributed by atoms with Gasteiger partial charge in [0.1, 0.15) is 0 Å². The molecule has 8 heteroatoms. The first kappa shape index (κ1) is 18.0. The summed E-state index contributed by atoms with van der Waals surface area (Å²) in [6.07, 6.45) is 0. The third kappa shape index (κ3) is 3.58. The van der Waals surface area contributed by atoms with Crippen molar-refractivity contribution in [3.05, 3.63) is 58.0 Å². The number of oxazole rings is 1. The van der Waals surface area contributed by atoms with Gasteiger partial charge in [-0.05, 0) is 42.5 Å². The maximum atomic E-state index is 13.0. The van der Waals surface area contributed by atoms with Gasteiger partial charge < -0.3 is 9.32 Å². The molecule has 0 saturated carbocycles. The molecular formula is C17H14BrClN2O3S. The zero-order chi connectivity index (χ0) is 18.2. The van der Waals surface area contributed by atoms with Crippen molar-refractivity contribution in [3.8, 4) is 11.5 Å². The van der Waals surface area contributed by atoms with Gasteiger partial charge in [0.15, 0.2) is 0 Å². The van der Waals surface area contributed by atoms with Gasteiger partial charge in [-0.15, -0.1) is 0 Å². The van der Waals surface area contributed by atoms with Gasteiger partial charge in [0.2, 0.25) is 26.6 Å². The van der Waals surface area contributed by atoms with Gasteiger partial charge in [-0.3, -0.25) is 0 Å². The number of rotatable bonds is 4. The summed E-state index contributed by atoms with van der Waals surface area (Å²) in [7, 11) is -0.445. The molecule has 5 nitrogen and oxygen atoms in total. The highest BCUT2D eigenvalue weighted by Gasteiger charge is 2.29. The molecule has 3 aromatic rings. The highest BCUT2D eigenvalue weighted by Crippen LogP contribution is 2.34. The Hall–Kier alpha value is -1.83. The van der Waals surface area contributed by atoms with E-state index in [9.17, 15) is 8.42 Å². The second-order valence-corrected chi connectivity index (χ2v) is 8.71. The van der Waals surface area contributed by atoms with Gasteiger partial charge in [0.05, 0.1) is 4.90 Å². The predicted octanol–water partition coefficient (Wildman–Crippen LogP) is 4.66. The number of sulfone groups is 1. The average Bonchev–Trinajstić information content (AvgIpc) is 3.02. The summed E-state index contributed by atoms with van der Waals surface area (Å²) in [5.74, 6) is 0.405. The zero-order valence-corrected chi connectivity index (χ0v) is 16.6. The van der Waals surface area contributed by atoms with E-state index in [1.807, 2.05) is 18.2 Å². The van der Waals surface area contributed by atoms with Gasteiger partial charge in [-0.2, -0.15) is 4.98 Å². The third-order valence-electron chi connectivity index (χ3n) is 3.44. The van der Waals surface area contributed by atoms with Gasteiger partial charge >= 0.3 is 0 Å². The van der Waals surface area contributed by atoms with Crippen LogP contribution in [0.15, 0.2) is 67.3 Å². The SMILES string of the molecule is CN(C)c1oc(-c2cccc(Br)c2)nc1S(=O)(=O)c1ccc(Cl)cc1. The lowest BCUT2D eigenvalue weighted by Gasteiger charge is -2.10. The van der Waals surface area contributed by atoms with E-state index in [4.69, 9.17) is 16.0 Å². The Morgan fingerprint density at radius 1 is 1.12 bits per heavy atom. The molecule has 0 aliphatic heterocycles. The van der Waals surface area contributed by atoms with E-state index in [1.54, 1.807) is 25.1 Å². The third-order valence-corrected chi connectivity index (χ3v) is 5.85. The second-order valence-electron chi connectivity index (χ2n) is 5.49. The van der Waals surface area contributed by atoms with Crippen LogP contribution in [-0.2, 0) is 9.84 Å². The molecule has 1 aromatic heterocycles. The lowest BCUT2D eigenvalue weighted by molar-refractivity contribution is 0.564.